The predicted octanol–water partition coefficient (Wildman–Crippen LogP) is 5.67. The van der Waals surface area contributed by atoms with Gasteiger partial charge in [0.25, 0.3) is 0 Å². The van der Waals surface area contributed by atoms with Gasteiger partial charge in [-0.1, -0.05) is 48.5 Å². The highest BCUT2D eigenvalue weighted by Gasteiger charge is 2.28. The lowest BCUT2D eigenvalue weighted by Crippen LogP contribution is -2.29. The van der Waals surface area contributed by atoms with E-state index in [0.717, 1.165) is 16.8 Å². The first-order valence-electron chi connectivity index (χ1n) is 11.3. The first kappa shape index (κ1) is 25.6. The number of carboxylic acid groups (broad SMARTS) is 1. The van der Waals surface area contributed by atoms with E-state index in [1.165, 1.54) is 19.3 Å². The fourth-order valence-electron chi connectivity index (χ4n) is 3.81. The minimum absolute atomic E-state index is 0.103. The van der Waals surface area contributed by atoms with Crippen LogP contribution >= 0.6 is 0 Å². The number of benzene rings is 3. The fraction of sp³-hybridized carbons (Fsp3) is 0.259. The quantitative estimate of drug-likeness (QED) is 0.304. The number of carboxylic acids is 1. The van der Waals surface area contributed by atoms with Crippen LogP contribution in [0.1, 0.15) is 31.4 Å². The van der Waals surface area contributed by atoms with Gasteiger partial charge in [-0.3, -0.25) is 5.32 Å². The van der Waals surface area contributed by atoms with Crippen LogP contribution < -0.4 is 10.1 Å². The van der Waals surface area contributed by atoms with Gasteiger partial charge in [-0.15, -0.1) is 0 Å². The van der Waals surface area contributed by atoms with Gasteiger partial charge in [0.15, 0.2) is 17.6 Å². The van der Waals surface area contributed by atoms with Gasteiger partial charge in [0, 0.05) is 18.1 Å². The first-order chi connectivity index (χ1) is 16.9. The van der Waals surface area contributed by atoms with Crippen molar-refractivity contribution in [1.82, 2.24) is 0 Å². The second-order valence-electron chi connectivity index (χ2n) is 7.72. The SMILES string of the molecule is CCO[C@@H](CC/C=C/C(=O)O)[C@@H](OC(=O)Nc1cccc2ccccc12)c1ccc(OC)c(O)c1. The van der Waals surface area contributed by atoms with E-state index in [-0.39, 0.29) is 11.5 Å². The van der Waals surface area contributed by atoms with E-state index in [9.17, 15) is 14.7 Å². The van der Waals surface area contributed by atoms with E-state index >= 15 is 0 Å². The number of aliphatic carboxylic acids is 1. The fourth-order valence-corrected chi connectivity index (χ4v) is 3.81. The molecular weight excluding hydrogens is 450 g/mol. The monoisotopic (exact) mass is 479 g/mol. The third-order valence-corrected chi connectivity index (χ3v) is 5.39. The van der Waals surface area contributed by atoms with Crippen LogP contribution in [0.4, 0.5) is 10.5 Å². The smallest absolute Gasteiger partial charge is 0.412 e. The molecule has 3 aromatic carbocycles. The summed E-state index contributed by atoms with van der Waals surface area (Å²) < 4.78 is 16.9. The standard InChI is InChI=1S/C27H29NO7/c1-3-34-24(13-6-7-14-25(30)31)26(19-15-16-23(33-2)22(29)17-19)35-27(32)28-21-12-8-10-18-9-4-5-11-20(18)21/h4-5,7-12,14-17,24,26,29H,3,6,13H2,1-2H3,(H,28,32)(H,30,31)/b14-7+/t24-,26-/m0/s1. The van der Waals surface area contributed by atoms with Crippen molar-refractivity contribution in [3.05, 3.63) is 78.4 Å². The molecule has 0 aromatic heterocycles. The molecule has 0 heterocycles. The number of methoxy groups -OCH3 is 1. The molecule has 0 saturated carbocycles. The van der Waals surface area contributed by atoms with E-state index < -0.39 is 24.3 Å². The molecule has 0 aliphatic carbocycles. The normalized spacial score (nSPS) is 12.9. The summed E-state index contributed by atoms with van der Waals surface area (Å²) in [4.78, 5) is 23.8. The molecule has 0 aliphatic heterocycles. The zero-order valence-corrected chi connectivity index (χ0v) is 19.6. The maximum atomic E-state index is 13.0. The Morgan fingerprint density at radius 2 is 1.86 bits per heavy atom. The molecular formula is C27H29NO7. The van der Waals surface area contributed by atoms with E-state index in [0.29, 0.717) is 30.7 Å². The molecule has 8 nitrogen and oxygen atoms in total. The number of phenols is 1. The Morgan fingerprint density at radius 1 is 1.09 bits per heavy atom. The lowest BCUT2D eigenvalue weighted by Gasteiger charge is -2.27. The summed E-state index contributed by atoms with van der Waals surface area (Å²) in [5.74, 6) is -0.862. The van der Waals surface area contributed by atoms with Crippen molar-refractivity contribution in [2.75, 3.05) is 19.0 Å². The van der Waals surface area contributed by atoms with Crippen LogP contribution in [0.15, 0.2) is 72.8 Å². The van der Waals surface area contributed by atoms with E-state index in [1.54, 1.807) is 18.2 Å². The second kappa shape index (κ2) is 12.4. The molecule has 1 amide bonds. The van der Waals surface area contributed by atoms with Crippen LogP contribution in [0.25, 0.3) is 10.8 Å². The third kappa shape index (κ3) is 6.97. The number of anilines is 1. The molecule has 0 spiro atoms. The van der Waals surface area contributed by atoms with Crippen molar-refractivity contribution < 1.29 is 34.0 Å². The minimum Gasteiger partial charge on any atom is -0.504 e. The van der Waals surface area contributed by atoms with E-state index in [2.05, 4.69) is 5.32 Å². The number of allylic oxidation sites excluding steroid dienone is 1. The summed E-state index contributed by atoms with van der Waals surface area (Å²) in [6.07, 6.45) is 1.20. The zero-order valence-electron chi connectivity index (χ0n) is 19.6. The van der Waals surface area contributed by atoms with Crippen LogP contribution in [0.2, 0.25) is 0 Å². The molecule has 184 valence electrons. The average Bonchev–Trinajstić information content (AvgIpc) is 2.84. The molecule has 0 bridgehead atoms. The zero-order chi connectivity index (χ0) is 25.2. The Balaban J connectivity index is 1.87. The third-order valence-electron chi connectivity index (χ3n) is 5.39. The lowest BCUT2D eigenvalue weighted by atomic mass is 9.99. The Bertz CT molecular complexity index is 1190. The summed E-state index contributed by atoms with van der Waals surface area (Å²) >= 11 is 0. The second-order valence-corrected chi connectivity index (χ2v) is 7.72. The van der Waals surface area contributed by atoms with Gasteiger partial charge in [-0.05, 0) is 48.9 Å². The highest BCUT2D eigenvalue weighted by Crippen LogP contribution is 2.34. The summed E-state index contributed by atoms with van der Waals surface area (Å²) in [6.45, 7) is 2.17. The topological polar surface area (TPSA) is 114 Å². The molecule has 0 unspecified atom stereocenters. The molecule has 0 saturated heterocycles. The van der Waals surface area contributed by atoms with Crippen molar-refractivity contribution in [3.8, 4) is 11.5 Å². The maximum Gasteiger partial charge on any atom is 0.412 e. The van der Waals surface area contributed by atoms with E-state index in [1.807, 2.05) is 43.3 Å². The van der Waals surface area contributed by atoms with Crippen LogP contribution in [0, 0.1) is 0 Å². The van der Waals surface area contributed by atoms with Gasteiger partial charge in [0.2, 0.25) is 0 Å². The summed E-state index contributed by atoms with van der Waals surface area (Å²) in [5, 5.41) is 23.8. The maximum absolute atomic E-state index is 13.0. The molecule has 0 radical (unpaired) electrons. The number of hydrogen-bond donors (Lipinski definition) is 3. The van der Waals surface area contributed by atoms with Crippen LogP contribution in [0.5, 0.6) is 11.5 Å². The first-order valence-corrected chi connectivity index (χ1v) is 11.3. The number of aromatic hydroxyl groups is 1. The molecule has 0 aliphatic rings. The molecule has 35 heavy (non-hydrogen) atoms. The highest BCUT2D eigenvalue weighted by atomic mass is 16.6. The number of carbonyl (C=O) groups excluding carboxylic acids is 1. The molecule has 2 atom stereocenters. The number of amides is 1. The van der Waals surface area contributed by atoms with Crippen molar-refractivity contribution in [3.63, 3.8) is 0 Å². The largest absolute Gasteiger partial charge is 0.504 e. The molecule has 3 aromatic rings. The molecule has 3 rings (SSSR count). The van der Waals surface area contributed by atoms with Gasteiger partial charge in [0.1, 0.15) is 0 Å². The Morgan fingerprint density at radius 3 is 2.57 bits per heavy atom. The Kier molecular flexibility index (Phi) is 9.09. The van der Waals surface area contributed by atoms with Crippen molar-refractivity contribution in [1.29, 1.82) is 0 Å². The number of carbonyl (C=O) groups is 2. The Hall–Kier alpha value is -4.04. The van der Waals surface area contributed by atoms with Gasteiger partial charge in [-0.2, -0.15) is 0 Å². The minimum atomic E-state index is -1.04. The number of ether oxygens (including phenoxy) is 3. The van der Waals surface area contributed by atoms with Crippen LogP contribution in [-0.4, -0.2) is 42.1 Å². The number of phenolic OH excluding ortho intramolecular Hbond substituents is 1. The Labute approximate surface area is 203 Å². The van der Waals surface area contributed by atoms with Gasteiger partial charge >= 0.3 is 12.1 Å². The highest BCUT2D eigenvalue weighted by molar-refractivity contribution is 6.00. The van der Waals surface area contributed by atoms with E-state index in [4.69, 9.17) is 19.3 Å². The predicted molar refractivity (Wildman–Crippen MR) is 133 cm³/mol. The van der Waals surface area contributed by atoms with Gasteiger partial charge in [-0.25, -0.2) is 9.59 Å². The number of rotatable bonds is 11. The number of fused-ring (bicyclic) bond motifs is 1. The molecule has 3 N–H and O–H groups in total. The van der Waals surface area contributed by atoms with Crippen LogP contribution in [0.3, 0.4) is 0 Å². The lowest BCUT2D eigenvalue weighted by molar-refractivity contribution is -0.131. The van der Waals surface area contributed by atoms with Crippen LogP contribution in [-0.2, 0) is 14.3 Å². The number of hydrogen-bond acceptors (Lipinski definition) is 6. The van der Waals surface area contributed by atoms with Crippen molar-refractivity contribution in [2.24, 2.45) is 0 Å². The van der Waals surface area contributed by atoms with Gasteiger partial charge in [0.05, 0.1) is 18.9 Å². The summed E-state index contributed by atoms with van der Waals surface area (Å²) in [5.41, 5.74) is 1.11. The molecule has 0 fully saturated rings. The van der Waals surface area contributed by atoms with Crippen molar-refractivity contribution in [2.45, 2.75) is 32.0 Å². The molecule has 8 heteroatoms. The summed E-state index contributed by atoms with van der Waals surface area (Å²) in [6, 6.07) is 18.0. The summed E-state index contributed by atoms with van der Waals surface area (Å²) in [7, 11) is 1.44. The number of nitrogens with one attached hydrogen (secondary N) is 1. The van der Waals surface area contributed by atoms with Crippen molar-refractivity contribution >= 4 is 28.5 Å². The average molecular weight is 480 g/mol. The van der Waals surface area contributed by atoms with Gasteiger partial charge < -0.3 is 24.4 Å².